The van der Waals surface area contributed by atoms with Crippen molar-refractivity contribution in [2.75, 3.05) is 0 Å². The van der Waals surface area contributed by atoms with E-state index in [1.54, 1.807) is 6.08 Å². The maximum absolute atomic E-state index is 10.8. The van der Waals surface area contributed by atoms with Gasteiger partial charge in [-0.2, -0.15) is 0 Å². The minimum atomic E-state index is -0.875. The molecule has 0 saturated carbocycles. The van der Waals surface area contributed by atoms with Crippen molar-refractivity contribution in [3.63, 3.8) is 0 Å². The minimum absolute atomic E-state index is 0.620. The zero-order valence-corrected chi connectivity index (χ0v) is 8.68. The van der Waals surface area contributed by atoms with Gasteiger partial charge < -0.3 is 5.11 Å². The zero-order valence-electron chi connectivity index (χ0n) is 8.68. The van der Waals surface area contributed by atoms with E-state index in [2.05, 4.69) is 6.58 Å². The molecule has 2 nitrogen and oxygen atoms in total. The summed E-state index contributed by atoms with van der Waals surface area (Å²) in [4.78, 5) is 10.8. The number of carboxylic acids is 1. The predicted molar refractivity (Wildman–Crippen MR) is 61.4 cm³/mol. The molecule has 0 amide bonds. The molecule has 15 heavy (non-hydrogen) atoms. The Balaban J connectivity index is 2.93. The molecule has 0 saturated heterocycles. The van der Waals surface area contributed by atoms with E-state index in [1.165, 1.54) is 6.08 Å². The van der Waals surface area contributed by atoms with Crippen molar-refractivity contribution in [3.8, 4) is 0 Å². The average molecular weight is 202 g/mol. The fraction of sp³-hybridized carbons (Fsp3) is 0.154. The van der Waals surface area contributed by atoms with Gasteiger partial charge in [0.15, 0.2) is 0 Å². The first kappa shape index (κ1) is 11.2. The van der Waals surface area contributed by atoms with Crippen LogP contribution in [0.3, 0.4) is 0 Å². The fourth-order valence-corrected chi connectivity index (χ4v) is 1.31. The summed E-state index contributed by atoms with van der Waals surface area (Å²) in [5.41, 5.74) is 1.98. The Morgan fingerprint density at radius 3 is 2.47 bits per heavy atom. The predicted octanol–water partition coefficient (Wildman–Crippen LogP) is 2.98. The maximum Gasteiger partial charge on any atom is 0.314 e. The molecule has 0 heterocycles. The van der Waals surface area contributed by atoms with Gasteiger partial charge in [0.1, 0.15) is 0 Å². The number of hydrogen-bond donors (Lipinski definition) is 1. The van der Waals surface area contributed by atoms with Crippen LogP contribution in [0.15, 0.2) is 49.1 Å². The summed E-state index contributed by atoms with van der Waals surface area (Å²) in [6.45, 7) is 5.40. The van der Waals surface area contributed by atoms with Gasteiger partial charge in [-0.05, 0) is 18.1 Å². The third kappa shape index (κ3) is 3.09. The van der Waals surface area contributed by atoms with Crippen LogP contribution in [0.25, 0.3) is 5.57 Å². The largest absolute Gasteiger partial charge is 0.481 e. The second-order valence-electron chi connectivity index (χ2n) is 3.32. The van der Waals surface area contributed by atoms with Gasteiger partial charge in [0.05, 0.1) is 5.92 Å². The molecule has 1 unspecified atom stereocenters. The van der Waals surface area contributed by atoms with Crippen LogP contribution in [0.2, 0.25) is 0 Å². The number of carboxylic acid groups (broad SMARTS) is 1. The van der Waals surface area contributed by atoms with E-state index < -0.39 is 11.9 Å². The SMILES string of the molecule is C=CC(C=C(C)c1ccccc1)C(=O)O. The highest BCUT2D eigenvalue weighted by Gasteiger charge is 2.09. The molecule has 1 aromatic carbocycles. The highest BCUT2D eigenvalue weighted by atomic mass is 16.4. The van der Waals surface area contributed by atoms with Gasteiger partial charge in [0.2, 0.25) is 0 Å². The van der Waals surface area contributed by atoms with E-state index in [0.717, 1.165) is 11.1 Å². The molecule has 0 bridgehead atoms. The summed E-state index contributed by atoms with van der Waals surface area (Å²) in [5, 5.41) is 8.85. The van der Waals surface area contributed by atoms with Crippen LogP contribution < -0.4 is 0 Å². The number of rotatable bonds is 4. The Hall–Kier alpha value is -1.83. The van der Waals surface area contributed by atoms with E-state index in [-0.39, 0.29) is 0 Å². The molecule has 0 fully saturated rings. The van der Waals surface area contributed by atoms with Crippen LogP contribution in [-0.4, -0.2) is 11.1 Å². The van der Waals surface area contributed by atoms with Gasteiger partial charge in [0, 0.05) is 0 Å². The van der Waals surface area contributed by atoms with E-state index >= 15 is 0 Å². The average Bonchev–Trinajstić information content (AvgIpc) is 2.26. The number of aliphatic carboxylic acids is 1. The molecule has 0 spiro atoms. The standard InChI is InChI=1S/C13H14O2/c1-3-11(13(14)15)9-10(2)12-7-5-4-6-8-12/h3-9,11H,1H2,2H3,(H,14,15). The normalized spacial score (nSPS) is 13.3. The van der Waals surface area contributed by atoms with Crippen LogP contribution in [0, 0.1) is 5.92 Å². The molecule has 0 aliphatic rings. The van der Waals surface area contributed by atoms with E-state index in [4.69, 9.17) is 5.11 Å². The van der Waals surface area contributed by atoms with Gasteiger partial charge in [-0.15, -0.1) is 6.58 Å². The van der Waals surface area contributed by atoms with E-state index in [0.29, 0.717) is 0 Å². The first-order chi connectivity index (χ1) is 7.15. The summed E-state index contributed by atoms with van der Waals surface area (Å²) in [5.74, 6) is -1.49. The lowest BCUT2D eigenvalue weighted by atomic mass is 10.0. The first-order valence-electron chi connectivity index (χ1n) is 4.74. The second-order valence-corrected chi connectivity index (χ2v) is 3.32. The van der Waals surface area contributed by atoms with Crippen molar-refractivity contribution < 1.29 is 9.90 Å². The third-order valence-electron chi connectivity index (χ3n) is 2.20. The van der Waals surface area contributed by atoms with Crippen molar-refractivity contribution in [2.45, 2.75) is 6.92 Å². The highest BCUT2D eigenvalue weighted by molar-refractivity contribution is 5.78. The zero-order chi connectivity index (χ0) is 11.3. The topological polar surface area (TPSA) is 37.3 Å². The molecular weight excluding hydrogens is 188 g/mol. The third-order valence-corrected chi connectivity index (χ3v) is 2.20. The Kier molecular flexibility index (Phi) is 3.86. The fourth-order valence-electron chi connectivity index (χ4n) is 1.31. The molecular formula is C13H14O2. The highest BCUT2D eigenvalue weighted by Crippen LogP contribution is 2.16. The number of carbonyl (C=O) groups is 1. The van der Waals surface area contributed by atoms with Gasteiger partial charge >= 0.3 is 5.97 Å². The minimum Gasteiger partial charge on any atom is -0.481 e. The van der Waals surface area contributed by atoms with Crippen molar-refractivity contribution in [3.05, 3.63) is 54.6 Å². The van der Waals surface area contributed by atoms with E-state index in [1.807, 2.05) is 37.3 Å². The Morgan fingerprint density at radius 2 is 2.00 bits per heavy atom. The molecule has 1 rings (SSSR count). The molecule has 0 aliphatic carbocycles. The molecule has 78 valence electrons. The van der Waals surface area contributed by atoms with Crippen LogP contribution in [0.1, 0.15) is 12.5 Å². The lowest BCUT2D eigenvalue weighted by Crippen LogP contribution is -2.07. The quantitative estimate of drug-likeness (QED) is 0.762. The van der Waals surface area contributed by atoms with Gasteiger partial charge in [-0.25, -0.2) is 0 Å². The lowest BCUT2D eigenvalue weighted by Gasteiger charge is -2.04. The Labute approximate surface area is 89.6 Å². The number of allylic oxidation sites excluding steroid dienone is 1. The summed E-state index contributed by atoms with van der Waals surface area (Å²) >= 11 is 0. The Bertz CT molecular complexity index is 377. The van der Waals surface area contributed by atoms with Crippen LogP contribution in [0.4, 0.5) is 0 Å². The summed E-state index contributed by atoms with van der Waals surface area (Å²) < 4.78 is 0. The van der Waals surface area contributed by atoms with Crippen molar-refractivity contribution in [1.82, 2.24) is 0 Å². The summed E-state index contributed by atoms with van der Waals surface area (Å²) in [6.07, 6.45) is 3.12. The summed E-state index contributed by atoms with van der Waals surface area (Å²) in [6, 6.07) is 9.69. The number of hydrogen-bond acceptors (Lipinski definition) is 1. The van der Waals surface area contributed by atoms with Crippen LogP contribution >= 0.6 is 0 Å². The molecule has 1 aromatic rings. The molecule has 1 N–H and O–H groups in total. The molecule has 0 aromatic heterocycles. The first-order valence-corrected chi connectivity index (χ1v) is 4.74. The van der Waals surface area contributed by atoms with E-state index in [9.17, 15) is 4.79 Å². The summed E-state index contributed by atoms with van der Waals surface area (Å²) in [7, 11) is 0. The second kappa shape index (κ2) is 5.15. The Morgan fingerprint density at radius 1 is 1.40 bits per heavy atom. The molecule has 0 aliphatic heterocycles. The molecule has 2 heteroatoms. The van der Waals surface area contributed by atoms with Crippen LogP contribution in [0.5, 0.6) is 0 Å². The van der Waals surface area contributed by atoms with Crippen molar-refractivity contribution in [1.29, 1.82) is 0 Å². The van der Waals surface area contributed by atoms with Gasteiger partial charge in [-0.3, -0.25) is 4.79 Å². The molecule has 0 radical (unpaired) electrons. The van der Waals surface area contributed by atoms with Crippen LogP contribution in [-0.2, 0) is 4.79 Å². The van der Waals surface area contributed by atoms with Gasteiger partial charge in [-0.1, -0.05) is 42.5 Å². The lowest BCUT2D eigenvalue weighted by molar-refractivity contribution is -0.138. The van der Waals surface area contributed by atoms with Crippen molar-refractivity contribution in [2.24, 2.45) is 5.92 Å². The number of benzene rings is 1. The smallest absolute Gasteiger partial charge is 0.314 e. The van der Waals surface area contributed by atoms with Gasteiger partial charge in [0.25, 0.3) is 0 Å². The maximum atomic E-state index is 10.8. The van der Waals surface area contributed by atoms with Crippen molar-refractivity contribution >= 4 is 11.5 Å². The molecule has 1 atom stereocenters. The monoisotopic (exact) mass is 202 g/mol.